The molecule has 1 fully saturated rings. The van der Waals surface area contributed by atoms with E-state index in [-0.39, 0.29) is 27.4 Å². The summed E-state index contributed by atoms with van der Waals surface area (Å²) in [4.78, 5) is 12.4. The van der Waals surface area contributed by atoms with Crippen molar-refractivity contribution in [1.82, 2.24) is 5.32 Å². The zero-order valence-electron chi connectivity index (χ0n) is 14.2. The number of carbonyl (C=O) groups excluding carboxylic acids is 1. The first-order valence-electron chi connectivity index (χ1n) is 8.64. The molecule has 138 valence electrons. The third-order valence-electron chi connectivity index (χ3n) is 4.45. The van der Waals surface area contributed by atoms with Gasteiger partial charge >= 0.3 is 0 Å². The van der Waals surface area contributed by atoms with Gasteiger partial charge in [-0.25, -0.2) is 8.42 Å². The minimum Gasteiger partial charge on any atom is -0.349 e. The van der Waals surface area contributed by atoms with Crippen molar-refractivity contribution in [3.63, 3.8) is 0 Å². The lowest BCUT2D eigenvalue weighted by atomic mass is 9.95. The monoisotopic (exact) mass is 392 g/mol. The molecule has 26 heavy (non-hydrogen) atoms. The number of anilines is 1. The van der Waals surface area contributed by atoms with Crippen molar-refractivity contribution in [2.24, 2.45) is 0 Å². The maximum atomic E-state index is 12.7. The smallest absolute Gasteiger partial charge is 0.263 e. The van der Waals surface area contributed by atoms with E-state index in [1.54, 1.807) is 36.4 Å². The van der Waals surface area contributed by atoms with Crippen LogP contribution in [0.3, 0.4) is 0 Å². The van der Waals surface area contributed by atoms with Crippen LogP contribution in [0, 0.1) is 0 Å². The van der Waals surface area contributed by atoms with Crippen LogP contribution in [0.1, 0.15) is 42.5 Å². The van der Waals surface area contributed by atoms with Crippen LogP contribution in [0.2, 0.25) is 5.02 Å². The predicted octanol–water partition coefficient (Wildman–Crippen LogP) is 4.20. The number of hydrogen-bond donors (Lipinski definition) is 2. The Morgan fingerprint density at radius 2 is 1.69 bits per heavy atom. The lowest BCUT2D eigenvalue weighted by Crippen LogP contribution is -2.36. The van der Waals surface area contributed by atoms with E-state index in [1.165, 1.54) is 18.6 Å². The van der Waals surface area contributed by atoms with Gasteiger partial charge in [-0.3, -0.25) is 9.52 Å². The molecule has 0 radical (unpaired) electrons. The molecule has 0 atom stereocenters. The fourth-order valence-corrected chi connectivity index (χ4v) is 4.67. The minimum atomic E-state index is -3.90. The number of benzene rings is 2. The Bertz CT molecular complexity index is 879. The Morgan fingerprint density at radius 1 is 1.00 bits per heavy atom. The van der Waals surface area contributed by atoms with Crippen LogP contribution in [0.5, 0.6) is 0 Å². The predicted molar refractivity (Wildman–Crippen MR) is 103 cm³/mol. The lowest BCUT2D eigenvalue weighted by molar-refractivity contribution is 0.0927. The average molecular weight is 393 g/mol. The van der Waals surface area contributed by atoms with Crippen molar-refractivity contribution in [2.75, 3.05) is 4.72 Å². The lowest BCUT2D eigenvalue weighted by Gasteiger charge is -2.22. The number of rotatable bonds is 5. The van der Waals surface area contributed by atoms with Gasteiger partial charge in [-0.1, -0.05) is 49.1 Å². The summed E-state index contributed by atoms with van der Waals surface area (Å²) in [7, 11) is -3.90. The Morgan fingerprint density at radius 3 is 2.38 bits per heavy atom. The first-order chi connectivity index (χ1) is 12.5. The molecule has 0 saturated heterocycles. The summed E-state index contributed by atoms with van der Waals surface area (Å²) in [6.07, 6.45) is 5.32. The zero-order chi connectivity index (χ0) is 18.6. The number of hydrogen-bond acceptors (Lipinski definition) is 3. The molecule has 0 aromatic heterocycles. The number of halogens is 1. The molecule has 0 bridgehead atoms. The number of sulfonamides is 1. The fraction of sp³-hybridized carbons (Fsp3) is 0.316. The van der Waals surface area contributed by atoms with E-state index in [2.05, 4.69) is 10.0 Å². The maximum absolute atomic E-state index is 12.7. The highest BCUT2D eigenvalue weighted by Crippen LogP contribution is 2.25. The Balaban J connectivity index is 1.81. The van der Waals surface area contributed by atoms with E-state index in [0.717, 1.165) is 25.7 Å². The molecule has 2 N–H and O–H groups in total. The highest BCUT2D eigenvalue weighted by Gasteiger charge is 2.22. The average Bonchev–Trinajstić information content (AvgIpc) is 2.63. The van der Waals surface area contributed by atoms with Gasteiger partial charge in [-0.05, 0) is 43.2 Å². The second-order valence-electron chi connectivity index (χ2n) is 6.43. The second kappa shape index (κ2) is 8.10. The summed E-state index contributed by atoms with van der Waals surface area (Å²) < 4.78 is 27.8. The normalized spacial score (nSPS) is 15.4. The van der Waals surface area contributed by atoms with Gasteiger partial charge in [0.2, 0.25) is 0 Å². The molecule has 3 rings (SSSR count). The van der Waals surface area contributed by atoms with Crippen molar-refractivity contribution < 1.29 is 13.2 Å². The summed E-state index contributed by atoms with van der Waals surface area (Å²) in [6.45, 7) is 0. The van der Waals surface area contributed by atoms with Crippen LogP contribution in [0.15, 0.2) is 53.4 Å². The molecule has 1 saturated carbocycles. The van der Waals surface area contributed by atoms with E-state index >= 15 is 0 Å². The standard InChI is InChI=1S/C19H21ClN2O3S/c20-17-12-11-14(19(23)21-15-7-3-1-4-8-15)13-18(17)26(24,25)22-16-9-5-2-6-10-16/h2,5-6,9-13,15,22H,1,3-4,7-8H2,(H,21,23). The largest absolute Gasteiger partial charge is 0.349 e. The first-order valence-corrected chi connectivity index (χ1v) is 10.5. The summed E-state index contributed by atoms with van der Waals surface area (Å²) in [5.41, 5.74) is 0.717. The van der Waals surface area contributed by atoms with Gasteiger partial charge in [-0.2, -0.15) is 0 Å². The van der Waals surface area contributed by atoms with Crippen LogP contribution < -0.4 is 10.0 Å². The van der Waals surface area contributed by atoms with E-state index in [9.17, 15) is 13.2 Å². The van der Waals surface area contributed by atoms with E-state index < -0.39 is 10.0 Å². The molecule has 7 heteroatoms. The van der Waals surface area contributed by atoms with Gasteiger partial charge < -0.3 is 5.32 Å². The van der Waals surface area contributed by atoms with Crippen molar-refractivity contribution >= 4 is 33.2 Å². The Kier molecular flexibility index (Phi) is 5.84. The maximum Gasteiger partial charge on any atom is 0.263 e. The molecular formula is C19H21ClN2O3S. The first kappa shape index (κ1) is 18.7. The molecular weight excluding hydrogens is 372 g/mol. The van der Waals surface area contributed by atoms with Crippen LogP contribution in [-0.2, 0) is 10.0 Å². The third-order valence-corrected chi connectivity index (χ3v) is 6.31. The SMILES string of the molecule is O=C(NC1CCCCC1)c1ccc(Cl)c(S(=O)(=O)Nc2ccccc2)c1. The quantitative estimate of drug-likeness (QED) is 0.800. The van der Waals surface area contributed by atoms with Crippen LogP contribution in [0.25, 0.3) is 0 Å². The van der Waals surface area contributed by atoms with Crippen LogP contribution >= 0.6 is 11.6 Å². The zero-order valence-corrected chi connectivity index (χ0v) is 15.8. The summed E-state index contributed by atoms with van der Waals surface area (Å²) >= 11 is 6.09. The van der Waals surface area contributed by atoms with Gasteiger partial charge in [0.1, 0.15) is 4.90 Å². The Labute approximate surface area is 158 Å². The molecule has 2 aromatic rings. The van der Waals surface area contributed by atoms with Crippen LogP contribution in [0.4, 0.5) is 5.69 Å². The third kappa shape index (κ3) is 4.56. The molecule has 1 amide bonds. The van der Waals surface area contributed by atoms with Gasteiger partial charge in [0.15, 0.2) is 0 Å². The van der Waals surface area contributed by atoms with Gasteiger partial charge in [0.05, 0.1) is 5.02 Å². The van der Waals surface area contributed by atoms with Crippen molar-refractivity contribution in [1.29, 1.82) is 0 Å². The molecule has 2 aromatic carbocycles. The number of carbonyl (C=O) groups is 1. The van der Waals surface area contributed by atoms with Gasteiger partial charge in [-0.15, -0.1) is 0 Å². The highest BCUT2D eigenvalue weighted by molar-refractivity contribution is 7.92. The fourth-order valence-electron chi connectivity index (χ4n) is 3.08. The van der Waals surface area contributed by atoms with Crippen molar-refractivity contribution in [2.45, 2.75) is 43.0 Å². The molecule has 1 aliphatic rings. The van der Waals surface area contributed by atoms with E-state index in [1.807, 2.05) is 0 Å². The number of amides is 1. The molecule has 1 aliphatic carbocycles. The van der Waals surface area contributed by atoms with E-state index in [0.29, 0.717) is 5.69 Å². The van der Waals surface area contributed by atoms with Crippen LogP contribution in [-0.4, -0.2) is 20.4 Å². The van der Waals surface area contributed by atoms with E-state index in [4.69, 9.17) is 11.6 Å². The molecule has 0 heterocycles. The molecule has 0 aliphatic heterocycles. The summed E-state index contributed by atoms with van der Waals surface area (Å²) in [5, 5.41) is 3.06. The molecule has 5 nitrogen and oxygen atoms in total. The van der Waals surface area contributed by atoms with Crippen molar-refractivity contribution in [3.05, 3.63) is 59.1 Å². The number of para-hydroxylation sites is 1. The van der Waals surface area contributed by atoms with Crippen molar-refractivity contribution in [3.8, 4) is 0 Å². The second-order valence-corrected chi connectivity index (χ2v) is 8.48. The topological polar surface area (TPSA) is 75.3 Å². The minimum absolute atomic E-state index is 0.0719. The number of nitrogens with one attached hydrogen (secondary N) is 2. The highest BCUT2D eigenvalue weighted by atomic mass is 35.5. The van der Waals surface area contributed by atoms with Gasteiger partial charge in [0.25, 0.3) is 15.9 Å². The Hall–Kier alpha value is -2.05. The van der Waals surface area contributed by atoms with Gasteiger partial charge in [0, 0.05) is 17.3 Å². The summed E-state index contributed by atoms with van der Waals surface area (Å²) in [6, 6.07) is 13.0. The molecule has 0 spiro atoms. The molecule has 0 unspecified atom stereocenters. The summed E-state index contributed by atoms with van der Waals surface area (Å²) in [5.74, 6) is -0.273.